The second-order valence-corrected chi connectivity index (χ2v) is 7.41. The van der Waals surface area contributed by atoms with Crippen LogP contribution in [0.3, 0.4) is 0 Å². The van der Waals surface area contributed by atoms with E-state index in [-0.39, 0.29) is 15.6 Å². The van der Waals surface area contributed by atoms with Crippen LogP contribution < -0.4 is 5.32 Å². The molecule has 3 rings (SSSR count). The van der Waals surface area contributed by atoms with Gasteiger partial charge in [-0.2, -0.15) is 0 Å². The number of fused-ring (bicyclic) bond motifs is 1. The largest absolute Gasteiger partial charge is 0.322 e. The molecule has 1 spiro atoms. The summed E-state index contributed by atoms with van der Waals surface area (Å²) < 4.78 is 24.1. The highest BCUT2D eigenvalue weighted by molar-refractivity contribution is 7.94. The van der Waals surface area contributed by atoms with Crippen molar-refractivity contribution in [3.8, 4) is 0 Å². The molecule has 1 heterocycles. The van der Waals surface area contributed by atoms with Crippen LogP contribution in [-0.4, -0.2) is 19.1 Å². The quantitative estimate of drug-likeness (QED) is 0.796. The monoisotopic (exact) mass is 285 g/mol. The van der Waals surface area contributed by atoms with E-state index in [0.29, 0.717) is 12.8 Å². The highest BCUT2D eigenvalue weighted by Gasteiger charge is 2.56. The standard InChI is InChI=1S/C12H12ClNO3S/c13-8-4-3-5-9-10(8)14-11(15)12(18(9,16)17)6-1-2-7-12/h3-5H,1-2,6-7H2,(H,14,15). The van der Waals surface area contributed by atoms with Gasteiger partial charge in [0.1, 0.15) is 0 Å². The Balaban J connectivity index is 2.30. The Labute approximate surface area is 110 Å². The van der Waals surface area contributed by atoms with E-state index < -0.39 is 20.5 Å². The Hall–Kier alpha value is -1.07. The summed E-state index contributed by atoms with van der Waals surface area (Å²) in [5.41, 5.74) is 0.224. The molecule has 18 heavy (non-hydrogen) atoms. The summed E-state index contributed by atoms with van der Waals surface area (Å²) in [5, 5.41) is 2.93. The minimum Gasteiger partial charge on any atom is -0.322 e. The molecule has 1 aromatic carbocycles. The summed E-state index contributed by atoms with van der Waals surface area (Å²) in [6.45, 7) is 0. The fourth-order valence-corrected chi connectivity index (χ4v) is 5.36. The molecule has 1 aliphatic heterocycles. The molecule has 0 atom stereocenters. The number of halogens is 1. The van der Waals surface area contributed by atoms with Crippen LogP contribution >= 0.6 is 11.6 Å². The molecular weight excluding hydrogens is 274 g/mol. The van der Waals surface area contributed by atoms with E-state index in [4.69, 9.17) is 11.6 Å². The van der Waals surface area contributed by atoms with E-state index in [2.05, 4.69) is 5.32 Å². The van der Waals surface area contributed by atoms with Gasteiger partial charge in [-0.15, -0.1) is 0 Å². The number of hydrogen-bond acceptors (Lipinski definition) is 3. The van der Waals surface area contributed by atoms with Crippen LogP contribution in [0, 0.1) is 0 Å². The number of nitrogens with one attached hydrogen (secondary N) is 1. The molecule has 4 nitrogen and oxygen atoms in total. The van der Waals surface area contributed by atoms with Crippen LogP contribution in [0.4, 0.5) is 5.69 Å². The third-order valence-electron chi connectivity index (χ3n) is 3.84. The molecule has 1 aliphatic carbocycles. The average molecular weight is 286 g/mol. The Morgan fingerprint density at radius 2 is 1.89 bits per heavy atom. The number of carbonyl (C=O) groups is 1. The maximum atomic E-state index is 12.7. The van der Waals surface area contributed by atoms with Gasteiger partial charge in [-0.3, -0.25) is 4.79 Å². The van der Waals surface area contributed by atoms with Gasteiger partial charge in [0, 0.05) is 0 Å². The third kappa shape index (κ3) is 1.32. The Bertz CT molecular complexity index is 633. The molecule has 1 amide bonds. The van der Waals surface area contributed by atoms with Crippen LogP contribution in [0.15, 0.2) is 23.1 Å². The van der Waals surface area contributed by atoms with Gasteiger partial charge in [0.25, 0.3) is 0 Å². The number of para-hydroxylation sites is 1. The summed E-state index contributed by atoms with van der Waals surface area (Å²) >= 11 is 5.95. The second-order valence-electron chi connectivity index (χ2n) is 4.77. The van der Waals surface area contributed by atoms with Crippen molar-refractivity contribution >= 4 is 33.0 Å². The fraction of sp³-hybridized carbons (Fsp3) is 0.417. The van der Waals surface area contributed by atoms with Crippen LogP contribution in [0.1, 0.15) is 25.7 Å². The predicted molar refractivity (Wildman–Crippen MR) is 68.5 cm³/mol. The van der Waals surface area contributed by atoms with Gasteiger partial charge in [-0.05, 0) is 25.0 Å². The Kier molecular flexibility index (Phi) is 2.47. The smallest absolute Gasteiger partial charge is 0.246 e. The zero-order valence-corrected chi connectivity index (χ0v) is 11.1. The number of hydrogen-bond donors (Lipinski definition) is 1. The number of rotatable bonds is 0. The lowest BCUT2D eigenvalue weighted by molar-refractivity contribution is -0.118. The molecule has 6 heteroatoms. The number of benzene rings is 1. The minimum absolute atomic E-state index is 0.150. The molecule has 1 saturated carbocycles. The summed E-state index contributed by atoms with van der Waals surface area (Å²) in [5.74, 6) is -0.430. The van der Waals surface area contributed by atoms with Crippen molar-refractivity contribution in [1.29, 1.82) is 0 Å². The first-order valence-electron chi connectivity index (χ1n) is 5.84. The highest BCUT2D eigenvalue weighted by Crippen LogP contribution is 2.47. The molecule has 0 radical (unpaired) electrons. The summed E-state index contributed by atoms with van der Waals surface area (Å²) in [4.78, 5) is 12.3. The first-order chi connectivity index (χ1) is 8.49. The first-order valence-corrected chi connectivity index (χ1v) is 7.70. The SMILES string of the molecule is O=C1Nc2c(Cl)cccc2S(=O)(=O)C12CCCC2. The summed E-state index contributed by atoms with van der Waals surface area (Å²) in [6.07, 6.45) is 2.32. The number of carbonyl (C=O) groups excluding carboxylic acids is 1. The van der Waals surface area contributed by atoms with Gasteiger partial charge in [-0.25, -0.2) is 8.42 Å². The van der Waals surface area contributed by atoms with E-state index >= 15 is 0 Å². The molecule has 1 aromatic rings. The molecular formula is C12H12ClNO3S. The molecule has 1 fully saturated rings. The normalized spacial score (nSPS) is 23.7. The van der Waals surface area contributed by atoms with Gasteiger partial charge in [0.15, 0.2) is 14.6 Å². The van der Waals surface area contributed by atoms with Crippen molar-refractivity contribution in [3.63, 3.8) is 0 Å². The van der Waals surface area contributed by atoms with E-state index in [1.165, 1.54) is 6.07 Å². The van der Waals surface area contributed by atoms with Crippen molar-refractivity contribution in [2.75, 3.05) is 5.32 Å². The first kappa shape index (κ1) is 12.0. The summed E-state index contributed by atoms with van der Waals surface area (Å²) in [6, 6.07) is 4.68. The topological polar surface area (TPSA) is 63.2 Å². The third-order valence-corrected chi connectivity index (χ3v) is 6.70. The van der Waals surface area contributed by atoms with Crippen LogP contribution in [0.5, 0.6) is 0 Å². The molecule has 0 aromatic heterocycles. The van der Waals surface area contributed by atoms with Crippen LogP contribution in [0.2, 0.25) is 5.02 Å². The van der Waals surface area contributed by atoms with E-state index in [0.717, 1.165) is 12.8 Å². The van der Waals surface area contributed by atoms with Crippen molar-refractivity contribution in [2.45, 2.75) is 35.3 Å². The lowest BCUT2D eigenvalue weighted by Crippen LogP contribution is -2.50. The maximum Gasteiger partial charge on any atom is 0.246 e. The Morgan fingerprint density at radius 1 is 1.22 bits per heavy atom. The zero-order chi connectivity index (χ0) is 13.0. The summed E-state index contributed by atoms with van der Waals surface area (Å²) in [7, 11) is -3.65. The van der Waals surface area contributed by atoms with Crippen molar-refractivity contribution in [3.05, 3.63) is 23.2 Å². The number of sulfone groups is 1. The maximum absolute atomic E-state index is 12.7. The Morgan fingerprint density at radius 3 is 2.56 bits per heavy atom. The average Bonchev–Trinajstić information content (AvgIpc) is 2.80. The van der Waals surface area contributed by atoms with E-state index in [1.807, 2.05) is 0 Å². The van der Waals surface area contributed by atoms with Gasteiger partial charge in [0.2, 0.25) is 5.91 Å². The van der Waals surface area contributed by atoms with Crippen LogP contribution in [0.25, 0.3) is 0 Å². The number of anilines is 1. The highest BCUT2D eigenvalue weighted by atomic mass is 35.5. The molecule has 96 valence electrons. The predicted octanol–water partition coefficient (Wildman–Crippen LogP) is 2.38. The second kappa shape index (κ2) is 3.71. The van der Waals surface area contributed by atoms with Gasteiger partial charge >= 0.3 is 0 Å². The molecule has 2 aliphatic rings. The van der Waals surface area contributed by atoms with Gasteiger partial charge in [0.05, 0.1) is 15.6 Å². The van der Waals surface area contributed by atoms with Gasteiger partial charge < -0.3 is 5.32 Å². The fourth-order valence-electron chi connectivity index (χ4n) is 2.85. The zero-order valence-electron chi connectivity index (χ0n) is 9.57. The molecule has 0 bridgehead atoms. The van der Waals surface area contributed by atoms with Crippen LogP contribution in [-0.2, 0) is 14.6 Å². The minimum atomic E-state index is -3.65. The molecule has 1 N–H and O–H groups in total. The number of amides is 1. The van der Waals surface area contributed by atoms with Gasteiger partial charge in [-0.1, -0.05) is 30.5 Å². The van der Waals surface area contributed by atoms with Crippen molar-refractivity contribution in [2.24, 2.45) is 0 Å². The molecule has 0 unspecified atom stereocenters. The lowest BCUT2D eigenvalue weighted by atomic mass is 10.1. The van der Waals surface area contributed by atoms with E-state index in [9.17, 15) is 13.2 Å². The van der Waals surface area contributed by atoms with Crippen molar-refractivity contribution < 1.29 is 13.2 Å². The lowest BCUT2D eigenvalue weighted by Gasteiger charge is -2.33. The van der Waals surface area contributed by atoms with Crippen molar-refractivity contribution in [1.82, 2.24) is 0 Å². The molecule has 0 saturated heterocycles. The van der Waals surface area contributed by atoms with E-state index in [1.54, 1.807) is 12.1 Å².